The molecular formula is C67H58ClN3O14S. The number of nitrogens with zero attached hydrogens (tertiary/aromatic N) is 3. The molecule has 19 heteroatoms. The largest absolute Gasteiger partial charge is 0.459 e. The number of benzene rings is 8. The van der Waals surface area contributed by atoms with Crippen molar-refractivity contribution in [3.8, 4) is 0 Å². The van der Waals surface area contributed by atoms with Gasteiger partial charge in [0.15, 0.2) is 24.6 Å². The van der Waals surface area contributed by atoms with Crippen LogP contribution < -0.4 is 0 Å². The van der Waals surface area contributed by atoms with Crippen LogP contribution in [0, 0.1) is 0 Å². The second kappa shape index (κ2) is 30.4. The van der Waals surface area contributed by atoms with Crippen molar-refractivity contribution >= 4 is 52.9 Å². The second-order valence-corrected chi connectivity index (χ2v) is 21.4. The number of ether oxygens (including phenoxy) is 10. The summed E-state index contributed by atoms with van der Waals surface area (Å²) in [5.41, 5.74) is 11.5. The van der Waals surface area contributed by atoms with E-state index in [0.29, 0.717) is 5.56 Å². The van der Waals surface area contributed by atoms with E-state index in [-0.39, 0.29) is 52.8 Å². The van der Waals surface area contributed by atoms with Gasteiger partial charge in [-0.05, 0) is 89.0 Å². The third kappa shape index (κ3) is 16.2. The van der Waals surface area contributed by atoms with Crippen LogP contribution in [0.3, 0.4) is 0 Å². The van der Waals surface area contributed by atoms with Crippen molar-refractivity contribution < 1.29 is 66.5 Å². The number of halogens is 1. The molecule has 2 aliphatic rings. The van der Waals surface area contributed by atoms with Crippen LogP contribution in [0.1, 0.15) is 58.1 Å². The minimum absolute atomic E-state index is 0.0299. The highest BCUT2D eigenvalue weighted by Crippen LogP contribution is 2.40. The summed E-state index contributed by atoms with van der Waals surface area (Å²) in [5.74, 6) is -3.34. The third-order valence-corrected chi connectivity index (χ3v) is 15.4. The van der Waals surface area contributed by atoms with E-state index in [1.807, 2.05) is 91.0 Å². The topological polar surface area (TPSA) is 209 Å². The Morgan fingerprint density at radius 3 is 1.38 bits per heavy atom. The summed E-state index contributed by atoms with van der Waals surface area (Å²) in [6, 6.07) is 66.3. The Morgan fingerprint density at radius 1 is 0.442 bits per heavy atom. The normalized spacial score (nSPS) is 21.6. The Kier molecular flexibility index (Phi) is 21.4. The molecule has 10 rings (SSSR count). The van der Waals surface area contributed by atoms with Crippen molar-refractivity contribution in [1.29, 1.82) is 0 Å². The van der Waals surface area contributed by atoms with E-state index in [2.05, 4.69) is 10.0 Å². The highest BCUT2D eigenvalue weighted by molar-refractivity contribution is 7.99. The Balaban J connectivity index is 1.06. The molecule has 17 nitrogen and oxygen atoms in total. The van der Waals surface area contributed by atoms with Crippen LogP contribution in [0.2, 0.25) is 5.02 Å². The van der Waals surface area contributed by atoms with Crippen LogP contribution in [0.25, 0.3) is 10.4 Å². The first-order valence-electron chi connectivity index (χ1n) is 27.6. The molecule has 0 radical (unpaired) electrons. The zero-order valence-corrected chi connectivity index (χ0v) is 47.7. The molecule has 2 aliphatic heterocycles. The minimum atomic E-state index is -1.71. The van der Waals surface area contributed by atoms with Gasteiger partial charge in [-0.1, -0.05) is 192 Å². The first-order valence-corrected chi connectivity index (χ1v) is 28.8. The van der Waals surface area contributed by atoms with Gasteiger partial charge in [-0.3, -0.25) is 0 Å². The molecule has 0 spiro atoms. The molecule has 2 saturated heterocycles. The third-order valence-electron chi connectivity index (χ3n) is 13.9. The molecule has 8 aromatic carbocycles. The standard InChI is InChI=1S/C67H58ClN3O14S/c68-52-38-46(36-37-53(52)70-71-69)41-77-58-56(76-39-44-22-8-1-9-23-44)54(82-67(86-51-34-20-7-21-35-51)61(58)78-40-45-24-10-2-11-25-45)43-80-66-60(85-65(75)50-32-18-6-19-33-50)59(84-64(74)49-30-16-5-17-31-49)57(83-63(73)48-28-14-4-15-29-48)55(81-66)42-79-62(72)47-26-12-3-13-27-47/h1-38,54-61,66-67H,39-43H2/t54-,55-,56-,57-,58+,59+,60-,61-,66-,67+/m1/s1. The lowest BCUT2D eigenvalue weighted by Gasteiger charge is -2.47. The lowest BCUT2D eigenvalue weighted by atomic mass is 9.97. The quantitative estimate of drug-likeness (QED) is 0.0181. The van der Waals surface area contributed by atoms with E-state index in [0.717, 1.165) is 16.0 Å². The minimum Gasteiger partial charge on any atom is -0.459 e. The second-order valence-electron chi connectivity index (χ2n) is 19.8. The van der Waals surface area contributed by atoms with Gasteiger partial charge >= 0.3 is 23.9 Å². The van der Waals surface area contributed by atoms with Crippen LogP contribution in [0.5, 0.6) is 0 Å². The van der Waals surface area contributed by atoms with Gasteiger partial charge in [0.25, 0.3) is 0 Å². The molecule has 0 aromatic heterocycles. The van der Waals surface area contributed by atoms with Crippen LogP contribution in [-0.2, 0) is 67.2 Å². The first-order chi connectivity index (χ1) is 42.2. The molecule has 86 heavy (non-hydrogen) atoms. The van der Waals surface area contributed by atoms with Gasteiger partial charge in [0.2, 0.25) is 0 Å². The molecule has 0 bridgehead atoms. The van der Waals surface area contributed by atoms with Crippen molar-refractivity contribution in [3.05, 3.63) is 285 Å². The van der Waals surface area contributed by atoms with E-state index < -0.39 is 97.6 Å². The van der Waals surface area contributed by atoms with Gasteiger partial charge < -0.3 is 47.4 Å². The number of esters is 4. The summed E-state index contributed by atoms with van der Waals surface area (Å²) in [7, 11) is 0. The maximum absolute atomic E-state index is 14.5. The fourth-order valence-electron chi connectivity index (χ4n) is 9.65. The van der Waals surface area contributed by atoms with Gasteiger partial charge in [-0.2, -0.15) is 0 Å². The van der Waals surface area contributed by atoms with Crippen LogP contribution in [0.15, 0.2) is 241 Å². The van der Waals surface area contributed by atoms with Gasteiger partial charge in [-0.25, -0.2) is 19.2 Å². The summed E-state index contributed by atoms with van der Waals surface area (Å²) in [6.07, 6.45) is -12.1. The van der Waals surface area contributed by atoms with Gasteiger partial charge in [0.05, 0.1) is 59.4 Å². The van der Waals surface area contributed by atoms with Crippen LogP contribution in [0.4, 0.5) is 5.69 Å². The number of thioether (sulfide) groups is 1. The fourth-order valence-corrected chi connectivity index (χ4v) is 11.0. The SMILES string of the molecule is [N-]=[N+]=Nc1ccc(CO[C@@H]2[C@@H](OCc3ccccc3)[C@H](Sc3ccccc3)O[C@H](CO[C@@H]3O[C@H](COC(=O)c4ccccc4)[C@@H](OC(=O)c4ccccc4)[C@H](OC(=O)c4ccccc4)[C@H]3OC(=O)c3ccccc3)[C@H]2OCc2ccccc2)cc1Cl. The Morgan fingerprint density at radius 2 is 0.872 bits per heavy atom. The van der Waals surface area contributed by atoms with Crippen LogP contribution >= 0.6 is 23.4 Å². The summed E-state index contributed by atoms with van der Waals surface area (Å²) in [6.45, 7) is -0.783. The molecule has 438 valence electrons. The van der Waals surface area contributed by atoms with Crippen molar-refractivity contribution in [3.63, 3.8) is 0 Å². The monoisotopic (exact) mass is 1200 g/mol. The first kappa shape index (κ1) is 60.5. The number of hydrogen-bond acceptors (Lipinski definition) is 16. The maximum Gasteiger partial charge on any atom is 0.338 e. The Hall–Kier alpha value is -8.65. The average molecular weight is 1200 g/mol. The highest BCUT2D eigenvalue weighted by atomic mass is 35.5. The van der Waals surface area contributed by atoms with Crippen molar-refractivity contribution in [2.24, 2.45) is 5.11 Å². The zero-order valence-electron chi connectivity index (χ0n) is 46.1. The van der Waals surface area contributed by atoms with Crippen molar-refractivity contribution in [1.82, 2.24) is 0 Å². The predicted molar refractivity (Wildman–Crippen MR) is 318 cm³/mol. The van der Waals surface area contributed by atoms with Crippen molar-refractivity contribution in [2.45, 2.75) is 85.3 Å². The Labute approximate surface area is 505 Å². The lowest BCUT2D eigenvalue weighted by Crippen LogP contribution is -2.64. The molecular weight excluding hydrogens is 1140 g/mol. The number of azide groups is 1. The molecule has 2 fully saturated rings. The predicted octanol–water partition coefficient (Wildman–Crippen LogP) is 13.1. The lowest BCUT2D eigenvalue weighted by molar-refractivity contribution is -0.313. The zero-order chi connectivity index (χ0) is 59.5. The summed E-state index contributed by atoms with van der Waals surface area (Å²) >= 11 is 8.01. The number of rotatable bonds is 24. The Bertz CT molecular complexity index is 3530. The summed E-state index contributed by atoms with van der Waals surface area (Å²) in [5, 5.41) is 3.92. The van der Waals surface area contributed by atoms with Gasteiger partial charge in [0, 0.05) is 9.81 Å². The van der Waals surface area contributed by atoms with Gasteiger partial charge in [0.1, 0.15) is 42.6 Å². The highest BCUT2D eigenvalue weighted by Gasteiger charge is 2.55. The molecule has 0 unspecified atom stereocenters. The van der Waals surface area contributed by atoms with E-state index in [1.54, 1.807) is 115 Å². The van der Waals surface area contributed by atoms with E-state index in [9.17, 15) is 24.7 Å². The molecule has 0 amide bonds. The number of carbonyl (C=O) groups excluding carboxylic acids is 4. The number of hydrogen-bond donors (Lipinski definition) is 0. The summed E-state index contributed by atoms with van der Waals surface area (Å²) < 4.78 is 66.8. The molecule has 0 N–H and O–H groups in total. The number of carbonyl (C=O) groups is 4. The van der Waals surface area contributed by atoms with Crippen LogP contribution in [-0.4, -0.2) is 97.6 Å². The van der Waals surface area contributed by atoms with E-state index in [1.165, 1.54) is 36.0 Å². The molecule has 8 aromatic rings. The smallest absolute Gasteiger partial charge is 0.338 e. The molecule has 0 aliphatic carbocycles. The maximum atomic E-state index is 14.5. The summed E-state index contributed by atoms with van der Waals surface area (Å²) in [4.78, 5) is 60.8. The molecule has 10 atom stereocenters. The van der Waals surface area contributed by atoms with Gasteiger partial charge in [-0.15, -0.1) is 0 Å². The van der Waals surface area contributed by atoms with E-state index >= 15 is 0 Å². The average Bonchev–Trinajstić information content (AvgIpc) is 1.45. The molecule has 2 heterocycles. The van der Waals surface area contributed by atoms with E-state index in [4.69, 9.17) is 59.0 Å². The molecule has 0 saturated carbocycles. The van der Waals surface area contributed by atoms with Crippen molar-refractivity contribution in [2.75, 3.05) is 13.2 Å². The fraction of sp³-hybridized carbons (Fsp3) is 0.224.